The summed E-state index contributed by atoms with van der Waals surface area (Å²) < 4.78 is 6.01. The van der Waals surface area contributed by atoms with E-state index in [0.717, 1.165) is 11.4 Å². The highest BCUT2D eigenvalue weighted by atomic mass is 16.4. The van der Waals surface area contributed by atoms with Gasteiger partial charge in [-0.25, -0.2) is 0 Å². The number of para-hydroxylation sites is 2. The third kappa shape index (κ3) is 7.66. The normalized spacial score (nSPS) is 10.7. The average molecular weight is 549 g/mol. The molecule has 0 fully saturated rings. The Kier molecular flexibility index (Phi) is 9.12. The molecule has 206 valence electrons. The number of anilines is 2. The Balaban J connectivity index is 1.22. The van der Waals surface area contributed by atoms with E-state index in [1.54, 1.807) is 36.7 Å². The third-order valence-electron chi connectivity index (χ3n) is 5.92. The van der Waals surface area contributed by atoms with Gasteiger partial charge in [-0.2, -0.15) is 0 Å². The molecule has 0 saturated heterocycles. The van der Waals surface area contributed by atoms with Gasteiger partial charge in [0.2, 0.25) is 23.6 Å². The maximum atomic E-state index is 12.6. The lowest BCUT2D eigenvalue weighted by atomic mass is 10.1. The number of benzene rings is 2. The van der Waals surface area contributed by atoms with Crippen molar-refractivity contribution in [2.75, 3.05) is 23.7 Å². The van der Waals surface area contributed by atoms with Crippen molar-refractivity contribution in [1.82, 2.24) is 30.8 Å². The van der Waals surface area contributed by atoms with Crippen LogP contribution in [-0.4, -0.2) is 45.1 Å². The first-order valence-electron chi connectivity index (χ1n) is 13.0. The van der Waals surface area contributed by atoms with Crippen LogP contribution in [0.4, 0.5) is 11.4 Å². The van der Waals surface area contributed by atoms with Crippen LogP contribution >= 0.6 is 0 Å². The number of nitrogens with zero attached hydrogens (tertiary/aromatic N) is 4. The third-order valence-corrected chi connectivity index (χ3v) is 5.92. The topological polar surface area (TPSA) is 147 Å². The fraction of sp³-hybridized carbons (Fsp3) is 0.133. The number of amides is 2. The molecule has 41 heavy (non-hydrogen) atoms. The van der Waals surface area contributed by atoms with E-state index in [1.807, 2.05) is 60.7 Å². The van der Waals surface area contributed by atoms with Crippen molar-refractivity contribution in [2.45, 2.75) is 13.1 Å². The first-order chi connectivity index (χ1) is 20.2. The molecular weight excluding hydrogens is 520 g/mol. The SMILES string of the molecule is O=C(CNCc1ccccn1)Nc1ccccc1-c1nnc(-c2ccccc2NC(=O)CNCc2ccccn2)o1. The van der Waals surface area contributed by atoms with Crippen molar-refractivity contribution >= 4 is 23.2 Å². The summed E-state index contributed by atoms with van der Waals surface area (Å²) in [6, 6.07) is 25.6. The molecule has 0 bridgehead atoms. The number of nitrogens with one attached hydrogen (secondary N) is 4. The molecule has 0 aliphatic heterocycles. The zero-order chi connectivity index (χ0) is 28.3. The molecule has 3 aromatic heterocycles. The lowest BCUT2D eigenvalue weighted by molar-refractivity contribution is -0.116. The summed E-state index contributed by atoms with van der Waals surface area (Å²) in [6.07, 6.45) is 3.42. The zero-order valence-corrected chi connectivity index (χ0v) is 22.1. The zero-order valence-electron chi connectivity index (χ0n) is 22.1. The number of aromatic nitrogens is 4. The quantitative estimate of drug-likeness (QED) is 0.183. The van der Waals surface area contributed by atoms with Crippen LogP contribution in [-0.2, 0) is 22.7 Å². The van der Waals surface area contributed by atoms with Gasteiger partial charge in [0.15, 0.2) is 0 Å². The van der Waals surface area contributed by atoms with E-state index in [1.165, 1.54) is 0 Å². The maximum absolute atomic E-state index is 12.6. The fourth-order valence-corrected chi connectivity index (χ4v) is 4.00. The lowest BCUT2D eigenvalue weighted by Gasteiger charge is -2.10. The van der Waals surface area contributed by atoms with Gasteiger partial charge in [0.05, 0.1) is 47.0 Å². The second-order valence-corrected chi connectivity index (χ2v) is 8.95. The highest BCUT2D eigenvalue weighted by Gasteiger charge is 2.18. The van der Waals surface area contributed by atoms with E-state index in [0.29, 0.717) is 35.6 Å². The molecule has 0 aliphatic carbocycles. The predicted molar refractivity (Wildman–Crippen MR) is 154 cm³/mol. The van der Waals surface area contributed by atoms with Crippen molar-refractivity contribution < 1.29 is 14.0 Å². The highest BCUT2D eigenvalue weighted by molar-refractivity contribution is 5.97. The van der Waals surface area contributed by atoms with Crippen LogP contribution in [0.1, 0.15) is 11.4 Å². The van der Waals surface area contributed by atoms with Crippen molar-refractivity contribution in [1.29, 1.82) is 0 Å². The minimum absolute atomic E-state index is 0.101. The molecule has 0 saturated carbocycles. The Bertz CT molecular complexity index is 1470. The molecule has 5 aromatic rings. The van der Waals surface area contributed by atoms with Crippen LogP contribution in [0.2, 0.25) is 0 Å². The summed E-state index contributed by atoms with van der Waals surface area (Å²) in [4.78, 5) is 33.7. The molecule has 3 heterocycles. The number of rotatable bonds is 12. The Morgan fingerprint density at radius 2 is 1.02 bits per heavy atom. The van der Waals surface area contributed by atoms with Crippen molar-refractivity contribution in [3.8, 4) is 22.9 Å². The van der Waals surface area contributed by atoms with Crippen molar-refractivity contribution in [3.05, 3.63) is 109 Å². The average Bonchev–Trinajstić information content (AvgIpc) is 3.49. The largest absolute Gasteiger partial charge is 0.416 e. The molecule has 0 atom stereocenters. The van der Waals surface area contributed by atoms with Crippen LogP contribution in [0, 0.1) is 0 Å². The van der Waals surface area contributed by atoms with Gasteiger partial charge < -0.3 is 25.7 Å². The lowest BCUT2D eigenvalue weighted by Crippen LogP contribution is -2.28. The van der Waals surface area contributed by atoms with Crippen LogP contribution in [0.5, 0.6) is 0 Å². The van der Waals surface area contributed by atoms with Gasteiger partial charge in [-0.3, -0.25) is 19.6 Å². The Morgan fingerprint density at radius 3 is 1.46 bits per heavy atom. The molecule has 5 rings (SSSR count). The van der Waals surface area contributed by atoms with E-state index in [4.69, 9.17) is 4.42 Å². The molecule has 0 unspecified atom stereocenters. The summed E-state index contributed by atoms with van der Waals surface area (Å²) in [7, 11) is 0. The molecule has 0 aliphatic rings. The minimum atomic E-state index is -0.224. The number of hydrogen-bond donors (Lipinski definition) is 4. The van der Waals surface area contributed by atoms with Crippen LogP contribution < -0.4 is 21.3 Å². The minimum Gasteiger partial charge on any atom is -0.416 e. The molecule has 2 amide bonds. The summed E-state index contributed by atoms with van der Waals surface area (Å²) in [5.41, 5.74) is 3.91. The first kappa shape index (κ1) is 27.3. The van der Waals surface area contributed by atoms with Crippen molar-refractivity contribution in [2.24, 2.45) is 0 Å². The second-order valence-electron chi connectivity index (χ2n) is 8.95. The van der Waals surface area contributed by atoms with E-state index in [-0.39, 0.29) is 36.7 Å². The predicted octanol–water partition coefficient (Wildman–Crippen LogP) is 3.65. The standard InChI is InChI=1S/C30H28N8O3/c39-27(19-31-17-21-9-5-7-15-33-21)35-25-13-3-1-11-23(25)29-37-38-30(41-29)24-12-2-4-14-26(24)36-28(40)20-32-18-22-10-6-8-16-34-22/h1-16,31-32H,17-20H2,(H,35,39)(H,36,40). The number of pyridine rings is 2. The molecule has 2 aromatic carbocycles. The van der Waals surface area contributed by atoms with Crippen LogP contribution in [0.3, 0.4) is 0 Å². The Labute approximate surface area is 236 Å². The van der Waals surface area contributed by atoms with Gasteiger partial charge in [-0.15, -0.1) is 10.2 Å². The van der Waals surface area contributed by atoms with E-state index in [9.17, 15) is 9.59 Å². The summed E-state index contributed by atoms with van der Waals surface area (Å²) in [5.74, 6) is 0.0154. The van der Waals surface area contributed by atoms with Gasteiger partial charge in [0, 0.05) is 25.5 Å². The van der Waals surface area contributed by atoms with Crippen molar-refractivity contribution in [3.63, 3.8) is 0 Å². The molecule has 11 heteroatoms. The van der Waals surface area contributed by atoms with Gasteiger partial charge in [0.1, 0.15) is 0 Å². The van der Waals surface area contributed by atoms with Gasteiger partial charge in [-0.1, -0.05) is 36.4 Å². The fourth-order valence-electron chi connectivity index (χ4n) is 4.00. The molecular formula is C30H28N8O3. The number of carbonyl (C=O) groups excluding carboxylic acids is 2. The van der Waals surface area contributed by atoms with Gasteiger partial charge in [-0.05, 0) is 48.5 Å². The number of carbonyl (C=O) groups is 2. The van der Waals surface area contributed by atoms with Gasteiger partial charge >= 0.3 is 0 Å². The Morgan fingerprint density at radius 1 is 0.585 bits per heavy atom. The first-order valence-corrected chi connectivity index (χ1v) is 13.0. The molecule has 4 N–H and O–H groups in total. The highest BCUT2D eigenvalue weighted by Crippen LogP contribution is 2.32. The van der Waals surface area contributed by atoms with E-state index < -0.39 is 0 Å². The molecule has 11 nitrogen and oxygen atoms in total. The molecule has 0 spiro atoms. The molecule has 0 radical (unpaired) electrons. The second kappa shape index (κ2) is 13.7. The maximum Gasteiger partial charge on any atom is 0.250 e. The summed E-state index contributed by atoms with van der Waals surface area (Å²) in [6.45, 7) is 1.14. The Hall–Kier alpha value is -5.26. The monoisotopic (exact) mass is 548 g/mol. The van der Waals surface area contributed by atoms with Crippen LogP contribution in [0.15, 0.2) is 102 Å². The van der Waals surface area contributed by atoms with Crippen LogP contribution in [0.25, 0.3) is 22.9 Å². The summed E-state index contributed by atoms with van der Waals surface area (Å²) in [5, 5.41) is 20.4. The summed E-state index contributed by atoms with van der Waals surface area (Å²) >= 11 is 0. The van der Waals surface area contributed by atoms with E-state index >= 15 is 0 Å². The van der Waals surface area contributed by atoms with Gasteiger partial charge in [0.25, 0.3) is 0 Å². The smallest absolute Gasteiger partial charge is 0.250 e. The van der Waals surface area contributed by atoms with E-state index in [2.05, 4.69) is 41.4 Å². The number of hydrogen-bond acceptors (Lipinski definition) is 9.